The van der Waals surface area contributed by atoms with Gasteiger partial charge in [0.2, 0.25) is 0 Å². The molecule has 0 aliphatic carbocycles. The number of hydrogen-bond acceptors (Lipinski definition) is 4. The quantitative estimate of drug-likeness (QED) is 0.755. The molecule has 0 unspecified atom stereocenters. The van der Waals surface area contributed by atoms with Crippen molar-refractivity contribution in [3.05, 3.63) is 53.3 Å². The number of carbonyl (C=O) groups is 1. The summed E-state index contributed by atoms with van der Waals surface area (Å²) >= 11 is 0. The normalized spacial score (nSPS) is 10.9. The maximum absolute atomic E-state index is 10.9. The Bertz CT molecular complexity index is 875. The van der Waals surface area contributed by atoms with Gasteiger partial charge in [0, 0.05) is 16.5 Å². The number of aryl methyl sites for hydroxylation is 2. The van der Waals surface area contributed by atoms with Crippen LogP contribution in [0.2, 0.25) is 0 Å². The van der Waals surface area contributed by atoms with Crippen LogP contribution < -0.4 is 4.74 Å². The van der Waals surface area contributed by atoms with E-state index < -0.39 is 5.97 Å². The van der Waals surface area contributed by atoms with E-state index in [9.17, 15) is 9.90 Å². The third-order valence-corrected chi connectivity index (χ3v) is 3.71. The molecular formula is C18H16O5. The van der Waals surface area contributed by atoms with E-state index in [4.69, 9.17) is 14.3 Å². The summed E-state index contributed by atoms with van der Waals surface area (Å²) in [6.45, 7) is 3.78. The fraction of sp³-hybridized carbons (Fsp3) is 0.167. The number of benzene rings is 2. The monoisotopic (exact) mass is 312 g/mol. The lowest BCUT2D eigenvalue weighted by Gasteiger charge is -2.12. The number of phenolic OH excluding ortho intramolecular Hbond substituents is 1. The Morgan fingerprint density at radius 1 is 1.22 bits per heavy atom. The zero-order valence-corrected chi connectivity index (χ0v) is 12.8. The third-order valence-electron chi connectivity index (χ3n) is 3.71. The molecule has 0 amide bonds. The Kier molecular flexibility index (Phi) is 3.70. The summed E-state index contributed by atoms with van der Waals surface area (Å²) in [7, 11) is 0. The maximum Gasteiger partial charge on any atom is 0.307 e. The van der Waals surface area contributed by atoms with Crippen molar-refractivity contribution >= 4 is 16.9 Å². The molecule has 3 aromatic rings. The number of hydrogen-bond donors (Lipinski definition) is 2. The van der Waals surface area contributed by atoms with Crippen molar-refractivity contribution < 1.29 is 24.2 Å². The molecule has 0 aliphatic heterocycles. The number of fused-ring (bicyclic) bond motifs is 1. The number of rotatable bonds is 4. The van der Waals surface area contributed by atoms with E-state index in [2.05, 4.69) is 0 Å². The number of aliphatic carboxylic acids is 1. The summed E-state index contributed by atoms with van der Waals surface area (Å²) in [5.41, 5.74) is 2.97. The Morgan fingerprint density at radius 3 is 2.57 bits per heavy atom. The van der Waals surface area contributed by atoms with Gasteiger partial charge in [-0.3, -0.25) is 4.79 Å². The van der Waals surface area contributed by atoms with Crippen LogP contribution in [0.25, 0.3) is 11.0 Å². The SMILES string of the molecule is Cc1cc2c(CC(=O)O)coc2c(C)c1Oc1ccc(O)cc1. The van der Waals surface area contributed by atoms with Crippen molar-refractivity contribution in [2.24, 2.45) is 0 Å². The van der Waals surface area contributed by atoms with Gasteiger partial charge in [0.25, 0.3) is 0 Å². The fourth-order valence-electron chi connectivity index (χ4n) is 2.62. The molecule has 0 saturated carbocycles. The number of carboxylic acids is 1. The Morgan fingerprint density at radius 2 is 1.91 bits per heavy atom. The van der Waals surface area contributed by atoms with Crippen molar-refractivity contribution in [3.8, 4) is 17.2 Å². The molecule has 0 spiro atoms. The molecule has 2 N–H and O–H groups in total. The first-order chi connectivity index (χ1) is 11.0. The van der Waals surface area contributed by atoms with Crippen LogP contribution in [0.5, 0.6) is 17.2 Å². The largest absolute Gasteiger partial charge is 0.508 e. The van der Waals surface area contributed by atoms with Crippen molar-refractivity contribution in [1.29, 1.82) is 0 Å². The Balaban J connectivity index is 2.04. The van der Waals surface area contributed by atoms with E-state index in [-0.39, 0.29) is 12.2 Å². The van der Waals surface area contributed by atoms with E-state index in [0.29, 0.717) is 22.6 Å². The summed E-state index contributed by atoms with van der Waals surface area (Å²) in [4.78, 5) is 10.9. The lowest BCUT2D eigenvalue weighted by Crippen LogP contribution is -1.99. The van der Waals surface area contributed by atoms with Crippen molar-refractivity contribution in [2.45, 2.75) is 20.3 Å². The van der Waals surface area contributed by atoms with Crippen LogP contribution in [0.4, 0.5) is 0 Å². The van der Waals surface area contributed by atoms with Crippen molar-refractivity contribution in [1.82, 2.24) is 0 Å². The average Bonchev–Trinajstić information content (AvgIpc) is 2.88. The van der Waals surface area contributed by atoms with Gasteiger partial charge in [0.1, 0.15) is 22.8 Å². The first-order valence-corrected chi connectivity index (χ1v) is 7.14. The molecule has 5 nitrogen and oxygen atoms in total. The molecule has 5 heteroatoms. The minimum Gasteiger partial charge on any atom is -0.508 e. The topological polar surface area (TPSA) is 79.9 Å². The van der Waals surface area contributed by atoms with Crippen LogP contribution in [-0.4, -0.2) is 16.2 Å². The summed E-state index contributed by atoms with van der Waals surface area (Å²) in [5, 5.41) is 19.1. The van der Waals surface area contributed by atoms with E-state index in [1.54, 1.807) is 24.3 Å². The second-order valence-corrected chi connectivity index (χ2v) is 5.45. The van der Waals surface area contributed by atoms with Gasteiger partial charge in [-0.1, -0.05) is 0 Å². The first-order valence-electron chi connectivity index (χ1n) is 7.14. The predicted octanol–water partition coefficient (Wildman–Crippen LogP) is 4.17. The molecule has 0 fully saturated rings. The van der Waals surface area contributed by atoms with Crippen LogP contribution in [0, 0.1) is 13.8 Å². The maximum atomic E-state index is 10.9. The van der Waals surface area contributed by atoms with Gasteiger partial charge in [-0.05, 0) is 49.7 Å². The number of carboxylic acid groups (broad SMARTS) is 1. The molecule has 1 heterocycles. The second kappa shape index (κ2) is 5.68. The third kappa shape index (κ3) is 2.85. The molecule has 0 atom stereocenters. The molecular weight excluding hydrogens is 296 g/mol. The van der Waals surface area contributed by atoms with Gasteiger partial charge < -0.3 is 19.4 Å². The highest BCUT2D eigenvalue weighted by Crippen LogP contribution is 2.36. The highest BCUT2D eigenvalue weighted by atomic mass is 16.5. The first kappa shape index (κ1) is 15.0. The van der Waals surface area contributed by atoms with Gasteiger partial charge in [-0.15, -0.1) is 0 Å². The Labute approximate surface area is 132 Å². The fourth-order valence-corrected chi connectivity index (χ4v) is 2.62. The molecule has 23 heavy (non-hydrogen) atoms. The molecule has 2 aromatic carbocycles. The molecule has 0 saturated heterocycles. The van der Waals surface area contributed by atoms with Gasteiger partial charge >= 0.3 is 5.97 Å². The Hall–Kier alpha value is -2.95. The van der Waals surface area contributed by atoms with Crippen LogP contribution >= 0.6 is 0 Å². The number of aromatic hydroxyl groups is 1. The van der Waals surface area contributed by atoms with Crippen LogP contribution in [-0.2, 0) is 11.2 Å². The van der Waals surface area contributed by atoms with Gasteiger partial charge in [-0.2, -0.15) is 0 Å². The van der Waals surface area contributed by atoms with E-state index in [0.717, 1.165) is 16.5 Å². The number of ether oxygens (including phenoxy) is 1. The average molecular weight is 312 g/mol. The molecule has 118 valence electrons. The van der Waals surface area contributed by atoms with Crippen LogP contribution in [0.3, 0.4) is 0 Å². The minimum absolute atomic E-state index is 0.0793. The molecule has 0 aliphatic rings. The minimum atomic E-state index is -0.896. The smallest absolute Gasteiger partial charge is 0.307 e. The van der Waals surface area contributed by atoms with Crippen LogP contribution in [0.1, 0.15) is 16.7 Å². The predicted molar refractivity (Wildman–Crippen MR) is 85.2 cm³/mol. The molecule has 3 rings (SSSR count). The van der Waals surface area contributed by atoms with Crippen LogP contribution in [0.15, 0.2) is 41.0 Å². The zero-order valence-electron chi connectivity index (χ0n) is 12.8. The lowest BCUT2D eigenvalue weighted by molar-refractivity contribution is -0.136. The summed E-state index contributed by atoms with van der Waals surface area (Å²) < 4.78 is 11.5. The lowest BCUT2D eigenvalue weighted by atomic mass is 10.0. The van der Waals surface area contributed by atoms with E-state index in [1.807, 2.05) is 19.9 Å². The highest BCUT2D eigenvalue weighted by molar-refractivity contribution is 5.89. The van der Waals surface area contributed by atoms with Crippen molar-refractivity contribution in [3.63, 3.8) is 0 Å². The highest BCUT2D eigenvalue weighted by Gasteiger charge is 2.17. The summed E-state index contributed by atoms with van der Waals surface area (Å²) in [6, 6.07) is 8.33. The number of phenols is 1. The zero-order chi connectivity index (χ0) is 16.6. The summed E-state index contributed by atoms with van der Waals surface area (Å²) in [5.74, 6) is 0.545. The molecule has 1 aromatic heterocycles. The second-order valence-electron chi connectivity index (χ2n) is 5.45. The van der Waals surface area contributed by atoms with Gasteiger partial charge in [0.15, 0.2) is 0 Å². The van der Waals surface area contributed by atoms with E-state index in [1.165, 1.54) is 6.26 Å². The number of furan rings is 1. The van der Waals surface area contributed by atoms with Gasteiger partial charge in [0.05, 0.1) is 12.7 Å². The molecule has 0 radical (unpaired) electrons. The summed E-state index contributed by atoms with van der Waals surface area (Å²) in [6.07, 6.45) is 1.40. The molecule has 0 bridgehead atoms. The standard InChI is InChI=1S/C18H16O5/c1-10-7-15-12(8-16(20)21)9-22-18(15)11(2)17(10)23-14-5-3-13(19)4-6-14/h3-7,9,19H,8H2,1-2H3,(H,20,21). The van der Waals surface area contributed by atoms with E-state index >= 15 is 0 Å². The van der Waals surface area contributed by atoms with Crippen molar-refractivity contribution in [2.75, 3.05) is 0 Å². The van der Waals surface area contributed by atoms with Gasteiger partial charge in [-0.25, -0.2) is 0 Å².